The fourth-order valence-electron chi connectivity index (χ4n) is 1.66. The summed E-state index contributed by atoms with van der Waals surface area (Å²) in [7, 11) is 0. The standard InChI is InChI=1S/C12H17ClIN/c1-4-15-12(8(2)3)9-5-6-11(14)10(13)7-9/h5-8,12,15H,4H2,1-3H3. The molecule has 0 aliphatic rings. The fourth-order valence-corrected chi connectivity index (χ4v) is 2.19. The Morgan fingerprint density at radius 3 is 2.53 bits per heavy atom. The molecule has 84 valence electrons. The number of rotatable bonds is 4. The molecule has 0 aliphatic carbocycles. The van der Waals surface area contributed by atoms with Crippen LogP contribution in [0, 0.1) is 9.49 Å². The normalized spacial score (nSPS) is 13.2. The van der Waals surface area contributed by atoms with Gasteiger partial charge in [-0.3, -0.25) is 0 Å². The van der Waals surface area contributed by atoms with E-state index in [-0.39, 0.29) is 0 Å². The maximum atomic E-state index is 6.13. The van der Waals surface area contributed by atoms with E-state index in [9.17, 15) is 0 Å². The van der Waals surface area contributed by atoms with Crippen LogP contribution in [0.15, 0.2) is 18.2 Å². The minimum Gasteiger partial charge on any atom is -0.310 e. The second-order valence-corrected chi connectivity index (χ2v) is 5.52. The lowest BCUT2D eigenvalue weighted by Gasteiger charge is -2.22. The van der Waals surface area contributed by atoms with Crippen molar-refractivity contribution >= 4 is 34.2 Å². The molecular weight excluding hydrogens is 320 g/mol. The van der Waals surface area contributed by atoms with Crippen molar-refractivity contribution in [1.29, 1.82) is 0 Å². The summed E-state index contributed by atoms with van der Waals surface area (Å²) in [6.45, 7) is 7.55. The Hall–Kier alpha value is 0.200. The predicted molar refractivity (Wildman–Crippen MR) is 75.4 cm³/mol. The molecule has 0 fully saturated rings. The molecule has 3 heteroatoms. The van der Waals surface area contributed by atoms with Gasteiger partial charge in [-0.1, -0.05) is 38.4 Å². The Kier molecular flexibility index (Phi) is 5.36. The first-order valence-electron chi connectivity index (χ1n) is 5.24. The molecule has 0 saturated heterocycles. The van der Waals surface area contributed by atoms with Gasteiger partial charge in [0.1, 0.15) is 0 Å². The molecular formula is C12H17ClIN. The lowest BCUT2D eigenvalue weighted by molar-refractivity contribution is 0.422. The molecule has 0 saturated carbocycles. The molecule has 1 rings (SSSR count). The number of benzene rings is 1. The van der Waals surface area contributed by atoms with Crippen LogP contribution >= 0.6 is 34.2 Å². The summed E-state index contributed by atoms with van der Waals surface area (Å²) in [5.74, 6) is 0.570. The van der Waals surface area contributed by atoms with Gasteiger partial charge in [0.2, 0.25) is 0 Å². The Balaban J connectivity index is 2.95. The Morgan fingerprint density at radius 1 is 1.40 bits per heavy atom. The zero-order chi connectivity index (χ0) is 11.4. The highest BCUT2D eigenvalue weighted by molar-refractivity contribution is 14.1. The average Bonchev–Trinajstić information content (AvgIpc) is 2.18. The van der Waals surface area contributed by atoms with Crippen LogP contribution in [0.2, 0.25) is 5.02 Å². The second kappa shape index (κ2) is 6.06. The molecule has 0 aliphatic heterocycles. The van der Waals surface area contributed by atoms with Crippen LogP contribution in [0.25, 0.3) is 0 Å². The van der Waals surface area contributed by atoms with Gasteiger partial charge in [-0.15, -0.1) is 0 Å². The van der Waals surface area contributed by atoms with E-state index in [0.717, 1.165) is 15.1 Å². The molecule has 1 aromatic rings. The summed E-state index contributed by atoms with van der Waals surface area (Å²) in [6, 6.07) is 6.69. The fraction of sp³-hybridized carbons (Fsp3) is 0.500. The third-order valence-corrected chi connectivity index (χ3v) is 3.97. The molecule has 1 nitrogen and oxygen atoms in total. The summed E-state index contributed by atoms with van der Waals surface area (Å²) in [5.41, 5.74) is 1.28. The van der Waals surface area contributed by atoms with E-state index in [1.54, 1.807) is 0 Å². The molecule has 0 heterocycles. The third kappa shape index (κ3) is 3.61. The van der Waals surface area contributed by atoms with E-state index in [4.69, 9.17) is 11.6 Å². The third-order valence-electron chi connectivity index (χ3n) is 2.39. The Bertz CT molecular complexity index is 325. The monoisotopic (exact) mass is 337 g/mol. The smallest absolute Gasteiger partial charge is 0.0542 e. The first kappa shape index (κ1) is 13.3. The zero-order valence-corrected chi connectivity index (χ0v) is 12.3. The number of nitrogens with one attached hydrogen (secondary N) is 1. The van der Waals surface area contributed by atoms with Gasteiger partial charge in [0.15, 0.2) is 0 Å². The van der Waals surface area contributed by atoms with Crippen LogP contribution in [0.1, 0.15) is 32.4 Å². The minimum absolute atomic E-state index is 0.393. The van der Waals surface area contributed by atoms with Crippen LogP contribution in [-0.2, 0) is 0 Å². The van der Waals surface area contributed by atoms with Crippen molar-refractivity contribution in [1.82, 2.24) is 5.32 Å². The lowest BCUT2D eigenvalue weighted by Crippen LogP contribution is -2.25. The van der Waals surface area contributed by atoms with E-state index in [1.807, 2.05) is 0 Å². The predicted octanol–water partition coefficient (Wildman–Crippen LogP) is 4.25. The average molecular weight is 338 g/mol. The van der Waals surface area contributed by atoms with Crippen molar-refractivity contribution in [2.45, 2.75) is 26.8 Å². The molecule has 0 aromatic heterocycles. The molecule has 1 N–H and O–H groups in total. The van der Waals surface area contributed by atoms with E-state index >= 15 is 0 Å². The number of hydrogen-bond donors (Lipinski definition) is 1. The van der Waals surface area contributed by atoms with E-state index in [1.165, 1.54) is 5.56 Å². The molecule has 0 spiro atoms. The molecule has 0 amide bonds. The summed E-state index contributed by atoms with van der Waals surface area (Å²) < 4.78 is 1.11. The Labute approximate surface area is 111 Å². The van der Waals surface area contributed by atoms with Crippen molar-refractivity contribution in [3.8, 4) is 0 Å². The lowest BCUT2D eigenvalue weighted by atomic mass is 9.96. The van der Waals surface area contributed by atoms with Crippen molar-refractivity contribution in [3.05, 3.63) is 32.4 Å². The molecule has 0 bridgehead atoms. The van der Waals surface area contributed by atoms with Crippen LogP contribution in [-0.4, -0.2) is 6.54 Å². The quantitative estimate of drug-likeness (QED) is 0.810. The van der Waals surface area contributed by atoms with Gasteiger partial charge in [0.25, 0.3) is 0 Å². The Morgan fingerprint density at radius 2 is 2.07 bits per heavy atom. The first-order valence-corrected chi connectivity index (χ1v) is 6.70. The highest BCUT2D eigenvalue weighted by atomic mass is 127. The number of halogens is 2. The van der Waals surface area contributed by atoms with Crippen molar-refractivity contribution in [2.24, 2.45) is 5.92 Å². The van der Waals surface area contributed by atoms with Gasteiger partial charge in [-0.2, -0.15) is 0 Å². The van der Waals surface area contributed by atoms with Gasteiger partial charge in [0, 0.05) is 9.61 Å². The molecule has 1 atom stereocenters. The van der Waals surface area contributed by atoms with Crippen molar-refractivity contribution < 1.29 is 0 Å². The van der Waals surface area contributed by atoms with Crippen LogP contribution in [0.5, 0.6) is 0 Å². The summed E-state index contributed by atoms with van der Waals surface area (Å²) in [6.07, 6.45) is 0. The van der Waals surface area contributed by atoms with Crippen molar-refractivity contribution in [2.75, 3.05) is 6.54 Å². The van der Waals surface area contributed by atoms with Gasteiger partial charge in [0.05, 0.1) is 5.02 Å². The maximum Gasteiger partial charge on any atom is 0.0542 e. The van der Waals surface area contributed by atoms with E-state index < -0.39 is 0 Å². The molecule has 0 radical (unpaired) electrons. The van der Waals surface area contributed by atoms with Gasteiger partial charge in [-0.05, 0) is 52.7 Å². The van der Waals surface area contributed by atoms with Crippen LogP contribution < -0.4 is 5.32 Å². The first-order chi connectivity index (χ1) is 7.06. The highest BCUT2D eigenvalue weighted by Crippen LogP contribution is 2.26. The maximum absolute atomic E-state index is 6.13. The van der Waals surface area contributed by atoms with Crippen LogP contribution in [0.4, 0.5) is 0 Å². The number of hydrogen-bond acceptors (Lipinski definition) is 1. The molecule has 15 heavy (non-hydrogen) atoms. The summed E-state index contributed by atoms with van der Waals surface area (Å²) >= 11 is 8.38. The minimum atomic E-state index is 0.393. The highest BCUT2D eigenvalue weighted by Gasteiger charge is 2.15. The largest absolute Gasteiger partial charge is 0.310 e. The van der Waals surface area contributed by atoms with Gasteiger partial charge >= 0.3 is 0 Å². The van der Waals surface area contributed by atoms with Crippen molar-refractivity contribution in [3.63, 3.8) is 0 Å². The molecule has 1 aromatic carbocycles. The SMILES string of the molecule is CCNC(c1ccc(I)c(Cl)c1)C(C)C. The van der Waals surface area contributed by atoms with E-state index in [2.05, 4.69) is 66.9 Å². The second-order valence-electron chi connectivity index (χ2n) is 3.95. The zero-order valence-electron chi connectivity index (χ0n) is 9.35. The van der Waals surface area contributed by atoms with Crippen LogP contribution in [0.3, 0.4) is 0 Å². The molecule has 1 unspecified atom stereocenters. The summed E-state index contributed by atoms with van der Waals surface area (Å²) in [4.78, 5) is 0. The van der Waals surface area contributed by atoms with Gasteiger partial charge in [-0.25, -0.2) is 0 Å². The van der Waals surface area contributed by atoms with E-state index in [0.29, 0.717) is 12.0 Å². The summed E-state index contributed by atoms with van der Waals surface area (Å²) in [5, 5.41) is 4.33. The topological polar surface area (TPSA) is 12.0 Å². The van der Waals surface area contributed by atoms with Gasteiger partial charge < -0.3 is 5.32 Å².